The molecule has 0 aromatic rings. The highest BCUT2D eigenvalue weighted by atomic mass is 15.2. The molecule has 0 spiro atoms. The summed E-state index contributed by atoms with van der Waals surface area (Å²) >= 11 is 0. The van der Waals surface area contributed by atoms with Crippen molar-refractivity contribution in [1.82, 2.24) is 10.2 Å². The first-order valence-electron chi connectivity index (χ1n) is 8.63. The van der Waals surface area contributed by atoms with Gasteiger partial charge in [0.1, 0.15) is 0 Å². The molecule has 1 saturated carbocycles. The zero-order valence-electron chi connectivity index (χ0n) is 12.9. The van der Waals surface area contributed by atoms with Crippen molar-refractivity contribution in [2.75, 3.05) is 26.2 Å². The first-order valence-corrected chi connectivity index (χ1v) is 8.63. The minimum Gasteiger partial charge on any atom is -0.370 e. The van der Waals surface area contributed by atoms with Gasteiger partial charge in [-0.3, -0.25) is 4.99 Å². The van der Waals surface area contributed by atoms with Crippen LogP contribution in [-0.4, -0.2) is 43.1 Å². The summed E-state index contributed by atoms with van der Waals surface area (Å²) in [6.45, 7) is 4.38. The van der Waals surface area contributed by atoms with Crippen LogP contribution in [0.3, 0.4) is 0 Å². The highest BCUT2D eigenvalue weighted by Crippen LogP contribution is 2.16. The largest absolute Gasteiger partial charge is 0.370 e. The molecule has 0 radical (unpaired) electrons. The molecule has 1 aliphatic carbocycles. The summed E-state index contributed by atoms with van der Waals surface area (Å²) in [5.74, 6) is 0.659. The van der Waals surface area contributed by atoms with Crippen LogP contribution in [0.15, 0.2) is 4.99 Å². The van der Waals surface area contributed by atoms with Gasteiger partial charge < -0.3 is 16.0 Å². The molecule has 0 aromatic heterocycles. The lowest BCUT2D eigenvalue weighted by Crippen LogP contribution is -2.40. The van der Waals surface area contributed by atoms with Crippen molar-refractivity contribution in [1.29, 1.82) is 0 Å². The maximum Gasteiger partial charge on any atom is 0.188 e. The van der Waals surface area contributed by atoms with E-state index in [0.29, 0.717) is 12.0 Å². The van der Waals surface area contributed by atoms with Crippen LogP contribution in [0.25, 0.3) is 0 Å². The predicted molar refractivity (Wildman–Crippen MR) is 86.0 cm³/mol. The minimum absolute atomic E-state index is 0.555. The Morgan fingerprint density at radius 2 is 1.55 bits per heavy atom. The van der Waals surface area contributed by atoms with E-state index >= 15 is 0 Å². The van der Waals surface area contributed by atoms with Crippen LogP contribution >= 0.6 is 0 Å². The third-order valence-electron chi connectivity index (χ3n) is 4.60. The number of rotatable bonds is 4. The molecule has 4 heteroatoms. The second-order valence-electron chi connectivity index (χ2n) is 6.36. The molecule has 2 rings (SSSR count). The molecule has 3 N–H and O–H groups in total. The average Bonchev–Trinajstić information content (AvgIpc) is 2.83. The Labute approximate surface area is 124 Å². The molecule has 0 aromatic carbocycles. The van der Waals surface area contributed by atoms with Crippen LogP contribution in [-0.2, 0) is 0 Å². The molecule has 0 atom stereocenters. The Kier molecular flexibility index (Phi) is 7.20. The third kappa shape index (κ3) is 6.12. The van der Waals surface area contributed by atoms with Gasteiger partial charge in [0.15, 0.2) is 5.96 Å². The summed E-state index contributed by atoms with van der Waals surface area (Å²) in [5.41, 5.74) is 6.02. The summed E-state index contributed by atoms with van der Waals surface area (Å²) in [5, 5.41) is 3.42. The van der Waals surface area contributed by atoms with Crippen molar-refractivity contribution in [2.24, 2.45) is 10.7 Å². The summed E-state index contributed by atoms with van der Waals surface area (Å²) < 4.78 is 0. The lowest BCUT2D eigenvalue weighted by Gasteiger charge is -2.19. The van der Waals surface area contributed by atoms with Gasteiger partial charge in [-0.05, 0) is 38.8 Å². The van der Waals surface area contributed by atoms with Gasteiger partial charge in [-0.15, -0.1) is 0 Å². The topological polar surface area (TPSA) is 53.6 Å². The molecule has 116 valence electrons. The number of aliphatic imine (C=N–C) groups is 1. The van der Waals surface area contributed by atoms with Gasteiger partial charge in [0.05, 0.1) is 6.54 Å². The highest BCUT2D eigenvalue weighted by Gasteiger charge is 2.12. The van der Waals surface area contributed by atoms with Gasteiger partial charge in [0.25, 0.3) is 0 Å². The van der Waals surface area contributed by atoms with E-state index in [-0.39, 0.29) is 0 Å². The summed E-state index contributed by atoms with van der Waals surface area (Å²) in [4.78, 5) is 7.05. The van der Waals surface area contributed by atoms with Crippen LogP contribution in [0, 0.1) is 0 Å². The van der Waals surface area contributed by atoms with Crippen LogP contribution in [0.2, 0.25) is 0 Å². The predicted octanol–water partition coefficient (Wildman–Crippen LogP) is 2.49. The van der Waals surface area contributed by atoms with E-state index in [1.807, 2.05) is 0 Å². The molecular formula is C16H32N4. The van der Waals surface area contributed by atoms with Crippen LogP contribution in [0.5, 0.6) is 0 Å². The molecule has 1 heterocycles. The minimum atomic E-state index is 0.555. The number of nitrogens with two attached hydrogens (primary N) is 1. The number of nitrogens with zero attached hydrogens (tertiary/aromatic N) is 2. The molecule has 4 nitrogen and oxygen atoms in total. The van der Waals surface area contributed by atoms with Gasteiger partial charge >= 0.3 is 0 Å². The van der Waals surface area contributed by atoms with Gasteiger partial charge in [0, 0.05) is 12.6 Å². The fraction of sp³-hybridized carbons (Fsp3) is 0.938. The Morgan fingerprint density at radius 3 is 2.20 bits per heavy atom. The van der Waals surface area contributed by atoms with Gasteiger partial charge in [-0.2, -0.15) is 0 Å². The SMILES string of the molecule is NC(=NCCN1CCCCCC1)NC1CCCCCC1. The lowest BCUT2D eigenvalue weighted by atomic mass is 10.1. The van der Waals surface area contributed by atoms with E-state index in [2.05, 4.69) is 15.2 Å². The molecule has 0 amide bonds. The number of likely N-dealkylation sites (tertiary alicyclic amines) is 1. The van der Waals surface area contributed by atoms with Gasteiger partial charge in [-0.1, -0.05) is 38.5 Å². The number of hydrogen-bond acceptors (Lipinski definition) is 2. The number of hydrogen-bond donors (Lipinski definition) is 2. The lowest BCUT2D eigenvalue weighted by molar-refractivity contribution is 0.293. The maximum atomic E-state index is 6.02. The fourth-order valence-corrected chi connectivity index (χ4v) is 3.35. The van der Waals surface area contributed by atoms with Crippen LogP contribution < -0.4 is 11.1 Å². The quantitative estimate of drug-likeness (QED) is 0.472. The zero-order chi connectivity index (χ0) is 14.0. The molecule has 0 bridgehead atoms. The third-order valence-corrected chi connectivity index (χ3v) is 4.60. The number of guanidine groups is 1. The Hall–Kier alpha value is -0.770. The summed E-state index contributed by atoms with van der Waals surface area (Å²) in [6.07, 6.45) is 13.4. The zero-order valence-corrected chi connectivity index (χ0v) is 12.9. The molecule has 2 fully saturated rings. The average molecular weight is 280 g/mol. The maximum absolute atomic E-state index is 6.02. The van der Waals surface area contributed by atoms with Gasteiger partial charge in [-0.25, -0.2) is 0 Å². The Balaban J connectivity index is 1.64. The smallest absolute Gasteiger partial charge is 0.188 e. The standard InChI is InChI=1S/C16H32N4/c17-16(19-15-9-5-1-2-6-10-15)18-11-14-20-12-7-3-4-8-13-20/h15H,1-14H2,(H3,17,18,19). The van der Waals surface area contributed by atoms with E-state index in [4.69, 9.17) is 5.73 Å². The Morgan fingerprint density at radius 1 is 0.950 bits per heavy atom. The van der Waals surface area contributed by atoms with E-state index in [1.165, 1.54) is 77.3 Å². The Bertz CT molecular complexity index is 274. The van der Waals surface area contributed by atoms with Crippen molar-refractivity contribution in [3.63, 3.8) is 0 Å². The van der Waals surface area contributed by atoms with Crippen molar-refractivity contribution in [3.8, 4) is 0 Å². The molecule has 1 aliphatic heterocycles. The normalized spacial score (nSPS) is 24.1. The van der Waals surface area contributed by atoms with Crippen molar-refractivity contribution in [3.05, 3.63) is 0 Å². The molecule has 0 unspecified atom stereocenters. The van der Waals surface area contributed by atoms with Crippen LogP contribution in [0.4, 0.5) is 0 Å². The monoisotopic (exact) mass is 280 g/mol. The first-order chi connectivity index (χ1) is 9.84. The second kappa shape index (κ2) is 9.22. The second-order valence-corrected chi connectivity index (χ2v) is 6.36. The molecule has 1 saturated heterocycles. The molecular weight excluding hydrogens is 248 g/mol. The van der Waals surface area contributed by atoms with Crippen molar-refractivity contribution >= 4 is 5.96 Å². The van der Waals surface area contributed by atoms with E-state index in [1.54, 1.807) is 0 Å². The first kappa shape index (κ1) is 15.6. The molecule has 2 aliphatic rings. The number of nitrogens with one attached hydrogen (secondary N) is 1. The van der Waals surface area contributed by atoms with Crippen molar-refractivity contribution in [2.45, 2.75) is 70.3 Å². The van der Waals surface area contributed by atoms with E-state index < -0.39 is 0 Å². The summed E-state index contributed by atoms with van der Waals surface area (Å²) in [7, 11) is 0. The highest BCUT2D eigenvalue weighted by molar-refractivity contribution is 5.78. The fourth-order valence-electron chi connectivity index (χ4n) is 3.35. The van der Waals surface area contributed by atoms with Crippen LogP contribution in [0.1, 0.15) is 64.2 Å². The summed E-state index contributed by atoms with van der Waals surface area (Å²) in [6, 6.07) is 0.555. The van der Waals surface area contributed by atoms with Crippen molar-refractivity contribution < 1.29 is 0 Å². The molecule has 20 heavy (non-hydrogen) atoms. The van der Waals surface area contributed by atoms with E-state index in [0.717, 1.165) is 13.1 Å². The van der Waals surface area contributed by atoms with E-state index in [9.17, 15) is 0 Å². The van der Waals surface area contributed by atoms with Gasteiger partial charge in [0.2, 0.25) is 0 Å².